The van der Waals surface area contributed by atoms with Gasteiger partial charge in [-0.1, -0.05) is 11.6 Å². The van der Waals surface area contributed by atoms with Gasteiger partial charge in [0, 0.05) is 19.1 Å². The van der Waals surface area contributed by atoms with E-state index in [-0.39, 0.29) is 16.9 Å². The van der Waals surface area contributed by atoms with Crippen LogP contribution in [-0.2, 0) is 4.79 Å². The number of rotatable bonds is 3. The standard InChI is InChI=1S/C12H14ClN5O.C3H9N/c13-12-10(5-14)15-6-11(17-12)16-9-3-1-2-4-18(7-9)8-19;1-4(2)3/h6,8-9H,1-4,7H2,(H,16,17);1-3H3. The van der Waals surface area contributed by atoms with Crippen LogP contribution in [0.5, 0.6) is 0 Å². The van der Waals surface area contributed by atoms with Crippen molar-refractivity contribution in [3.63, 3.8) is 0 Å². The molecular weight excluding hydrogens is 316 g/mol. The van der Waals surface area contributed by atoms with E-state index in [4.69, 9.17) is 16.9 Å². The van der Waals surface area contributed by atoms with Crippen molar-refractivity contribution in [2.75, 3.05) is 39.5 Å². The summed E-state index contributed by atoms with van der Waals surface area (Å²) in [5, 5.41) is 12.0. The zero-order chi connectivity index (χ0) is 17.2. The molecule has 1 atom stereocenters. The molecule has 2 heterocycles. The average molecular weight is 339 g/mol. The zero-order valence-corrected chi connectivity index (χ0v) is 14.5. The summed E-state index contributed by atoms with van der Waals surface area (Å²) in [5.41, 5.74) is 0.114. The van der Waals surface area contributed by atoms with Crippen LogP contribution in [0.3, 0.4) is 0 Å². The Bertz CT molecular complexity index is 543. The number of carbonyl (C=O) groups is 1. The first kappa shape index (κ1) is 19.1. The molecule has 1 unspecified atom stereocenters. The molecule has 0 radical (unpaired) electrons. The van der Waals surface area contributed by atoms with Crippen molar-refractivity contribution in [1.82, 2.24) is 19.8 Å². The molecule has 0 aliphatic carbocycles. The Morgan fingerprint density at radius 3 is 2.74 bits per heavy atom. The number of anilines is 1. The molecule has 1 fully saturated rings. The van der Waals surface area contributed by atoms with Gasteiger partial charge in [0.15, 0.2) is 10.8 Å². The minimum absolute atomic E-state index is 0.0911. The number of aromatic nitrogens is 2. The van der Waals surface area contributed by atoms with E-state index in [1.165, 1.54) is 6.20 Å². The van der Waals surface area contributed by atoms with Crippen LogP contribution < -0.4 is 5.32 Å². The van der Waals surface area contributed by atoms with E-state index in [0.29, 0.717) is 12.4 Å². The van der Waals surface area contributed by atoms with Crippen molar-refractivity contribution in [1.29, 1.82) is 5.26 Å². The van der Waals surface area contributed by atoms with Gasteiger partial charge in [-0.05, 0) is 40.4 Å². The van der Waals surface area contributed by atoms with Crippen LogP contribution in [0, 0.1) is 11.3 Å². The van der Waals surface area contributed by atoms with Crippen molar-refractivity contribution in [2.24, 2.45) is 0 Å². The zero-order valence-electron chi connectivity index (χ0n) is 13.8. The minimum atomic E-state index is 0.0911. The Morgan fingerprint density at radius 1 is 1.48 bits per heavy atom. The fraction of sp³-hybridized carbons (Fsp3) is 0.600. The highest BCUT2D eigenvalue weighted by Gasteiger charge is 2.17. The predicted molar refractivity (Wildman–Crippen MR) is 90.3 cm³/mol. The summed E-state index contributed by atoms with van der Waals surface area (Å²) in [6.07, 6.45) is 5.39. The van der Waals surface area contributed by atoms with Crippen LogP contribution in [0.4, 0.5) is 5.82 Å². The second-order valence-corrected chi connectivity index (χ2v) is 6.14. The van der Waals surface area contributed by atoms with Gasteiger partial charge in [-0.25, -0.2) is 9.97 Å². The molecule has 1 aliphatic heterocycles. The van der Waals surface area contributed by atoms with Gasteiger partial charge >= 0.3 is 0 Å². The molecular formula is C15H23ClN6O. The van der Waals surface area contributed by atoms with Gasteiger partial charge in [0.25, 0.3) is 0 Å². The molecule has 7 nitrogen and oxygen atoms in total. The number of likely N-dealkylation sites (tertiary alicyclic amines) is 1. The number of halogens is 1. The van der Waals surface area contributed by atoms with Gasteiger partial charge in [-0.2, -0.15) is 5.26 Å². The molecule has 1 aromatic rings. The quantitative estimate of drug-likeness (QED) is 0.843. The lowest BCUT2D eigenvalue weighted by atomic mass is 10.1. The lowest BCUT2D eigenvalue weighted by molar-refractivity contribution is -0.118. The van der Waals surface area contributed by atoms with E-state index in [2.05, 4.69) is 15.3 Å². The second-order valence-electron chi connectivity index (χ2n) is 5.79. The van der Waals surface area contributed by atoms with Gasteiger partial charge in [0.05, 0.1) is 6.20 Å². The first-order valence-electron chi connectivity index (χ1n) is 7.45. The van der Waals surface area contributed by atoms with Crippen LogP contribution in [0.2, 0.25) is 5.15 Å². The monoisotopic (exact) mass is 338 g/mol. The molecule has 1 saturated heterocycles. The van der Waals surface area contributed by atoms with Crippen molar-refractivity contribution >= 4 is 23.8 Å². The van der Waals surface area contributed by atoms with Gasteiger partial charge < -0.3 is 15.1 Å². The second kappa shape index (κ2) is 9.98. The number of nitriles is 1. The van der Waals surface area contributed by atoms with E-state index in [0.717, 1.165) is 32.2 Å². The molecule has 2 rings (SSSR count). The summed E-state index contributed by atoms with van der Waals surface area (Å²) in [5.74, 6) is 0.529. The summed E-state index contributed by atoms with van der Waals surface area (Å²) in [6.45, 7) is 1.43. The van der Waals surface area contributed by atoms with Crippen LogP contribution in [0.1, 0.15) is 25.0 Å². The number of nitrogens with zero attached hydrogens (tertiary/aromatic N) is 5. The number of hydrogen-bond acceptors (Lipinski definition) is 6. The van der Waals surface area contributed by atoms with Crippen LogP contribution in [0.25, 0.3) is 0 Å². The first-order valence-corrected chi connectivity index (χ1v) is 7.83. The van der Waals surface area contributed by atoms with E-state index in [9.17, 15) is 4.79 Å². The minimum Gasteiger partial charge on any atom is -0.364 e. The third-order valence-corrected chi connectivity index (χ3v) is 3.30. The van der Waals surface area contributed by atoms with E-state index in [1.54, 1.807) is 4.90 Å². The highest BCUT2D eigenvalue weighted by molar-refractivity contribution is 6.30. The Morgan fingerprint density at radius 2 is 2.17 bits per heavy atom. The number of amides is 1. The summed E-state index contributed by atoms with van der Waals surface area (Å²) >= 11 is 5.83. The molecule has 8 heteroatoms. The fourth-order valence-corrected chi connectivity index (χ4v) is 2.29. The fourth-order valence-electron chi connectivity index (χ4n) is 2.11. The largest absolute Gasteiger partial charge is 0.364 e. The smallest absolute Gasteiger partial charge is 0.209 e. The first-order chi connectivity index (χ1) is 11.0. The maximum Gasteiger partial charge on any atom is 0.209 e. The highest BCUT2D eigenvalue weighted by atomic mass is 35.5. The normalized spacial score (nSPS) is 17.6. The number of nitrogens with one attached hydrogen (secondary N) is 1. The van der Waals surface area contributed by atoms with Crippen molar-refractivity contribution < 1.29 is 4.79 Å². The van der Waals surface area contributed by atoms with Crippen LogP contribution in [0.15, 0.2) is 6.20 Å². The SMILES string of the molecule is CN(C)C.N#Cc1ncc(NC2CCCCN(C=O)C2)nc1Cl. The number of carbonyl (C=O) groups excluding carboxylic acids is 1. The van der Waals surface area contributed by atoms with Crippen molar-refractivity contribution in [3.8, 4) is 6.07 Å². The molecule has 1 aliphatic rings. The molecule has 0 bridgehead atoms. The third-order valence-electron chi connectivity index (χ3n) is 3.04. The average Bonchev–Trinajstić information content (AvgIpc) is 2.72. The summed E-state index contributed by atoms with van der Waals surface area (Å²) in [4.78, 5) is 22.6. The Hall–Kier alpha value is -1.91. The molecule has 126 valence electrons. The topological polar surface area (TPSA) is 85.2 Å². The molecule has 23 heavy (non-hydrogen) atoms. The van der Waals surface area contributed by atoms with Gasteiger partial charge in [0.1, 0.15) is 11.9 Å². The maximum atomic E-state index is 10.9. The Kier molecular flexibility index (Phi) is 8.30. The van der Waals surface area contributed by atoms with Crippen molar-refractivity contribution in [2.45, 2.75) is 25.3 Å². The molecule has 1 N–H and O–H groups in total. The summed E-state index contributed by atoms with van der Waals surface area (Å²) < 4.78 is 0. The van der Waals surface area contributed by atoms with E-state index in [1.807, 2.05) is 32.1 Å². The molecule has 0 spiro atoms. The van der Waals surface area contributed by atoms with Gasteiger partial charge in [-0.15, -0.1) is 0 Å². The molecule has 1 amide bonds. The molecule has 1 aromatic heterocycles. The predicted octanol–water partition coefficient (Wildman–Crippen LogP) is 1.60. The molecule has 0 aromatic carbocycles. The van der Waals surface area contributed by atoms with Crippen LogP contribution in [-0.4, -0.2) is 66.5 Å². The van der Waals surface area contributed by atoms with Crippen LogP contribution >= 0.6 is 11.6 Å². The lowest BCUT2D eigenvalue weighted by Gasteiger charge is -2.21. The van der Waals surface area contributed by atoms with Gasteiger partial charge in [0.2, 0.25) is 6.41 Å². The summed E-state index contributed by atoms with van der Waals surface area (Å²) in [6, 6.07) is 1.99. The molecule has 0 saturated carbocycles. The summed E-state index contributed by atoms with van der Waals surface area (Å²) in [7, 11) is 6.00. The highest BCUT2D eigenvalue weighted by Crippen LogP contribution is 2.16. The lowest BCUT2D eigenvalue weighted by Crippen LogP contribution is -2.34. The maximum absolute atomic E-state index is 10.9. The Labute approximate surface area is 142 Å². The van der Waals surface area contributed by atoms with E-state index < -0.39 is 0 Å². The van der Waals surface area contributed by atoms with Crippen molar-refractivity contribution in [3.05, 3.63) is 17.0 Å². The van der Waals surface area contributed by atoms with Gasteiger partial charge in [-0.3, -0.25) is 4.79 Å². The van der Waals surface area contributed by atoms with E-state index >= 15 is 0 Å². The Balaban J connectivity index is 0.000000593. The third kappa shape index (κ3) is 7.26. The number of hydrogen-bond donors (Lipinski definition) is 1.